The summed E-state index contributed by atoms with van der Waals surface area (Å²) in [4.78, 5) is 0. The fourth-order valence-corrected chi connectivity index (χ4v) is 3.22. The summed E-state index contributed by atoms with van der Waals surface area (Å²) in [5, 5.41) is 11.7. The van der Waals surface area contributed by atoms with Gasteiger partial charge in [-0.3, -0.25) is 14.3 Å². The molecule has 2 aromatic heterocycles. The SMILES string of the molecule is Cc1cccc(-n2c([C@H](C)Cn3cc(Br)cn3)n[nH]c2=S)c1C. The largest absolute Gasteiger partial charge is 0.272 e. The monoisotopic (exact) mass is 391 g/mol. The lowest BCUT2D eigenvalue weighted by atomic mass is 10.1. The van der Waals surface area contributed by atoms with E-state index in [0.717, 1.165) is 22.5 Å². The van der Waals surface area contributed by atoms with Gasteiger partial charge in [0.05, 0.1) is 22.9 Å². The van der Waals surface area contributed by atoms with Gasteiger partial charge in [0.25, 0.3) is 0 Å². The van der Waals surface area contributed by atoms with Crippen LogP contribution in [-0.2, 0) is 6.54 Å². The van der Waals surface area contributed by atoms with Gasteiger partial charge in [0.15, 0.2) is 4.77 Å². The van der Waals surface area contributed by atoms with Gasteiger partial charge in [-0.15, -0.1) is 0 Å². The van der Waals surface area contributed by atoms with Crippen LogP contribution in [0.3, 0.4) is 0 Å². The molecule has 0 fully saturated rings. The van der Waals surface area contributed by atoms with Crippen molar-refractivity contribution in [2.24, 2.45) is 0 Å². The number of H-pyrrole nitrogens is 1. The number of aryl methyl sites for hydroxylation is 1. The third kappa shape index (κ3) is 3.16. The van der Waals surface area contributed by atoms with E-state index in [9.17, 15) is 0 Å². The number of hydrogen-bond acceptors (Lipinski definition) is 3. The molecule has 2 heterocycles. The molecule has 0 aliphatic heterocycles. The Labute approximate surface area is 148 Å². The molecule has 0 spiro atoms. The molecule has 1 aromatic carbocycles. The van der Waals surface area contributed by atoms with Crippen LogP contribution in [0.15, 0.2) is 35.1 Å². The van der Waals surface area contributed by atoms with Crippen molar-refractivity contribution in [3.8, 4) is 5.69 Å². The third-order valence-corrected chi connectivity index (χ3v) is 4.70. The summed E-state index contributed by atoms with van der Waals surface area (Å²) in [7, 11) is 0. The molecule has 7 heteroatoms. The minimum absolute atomic E-state index is 0.162. The van der Waals surface area contributed by atoms with Crippen molar-refractivity contribution in [2.45, 2.75) is 33.2 Å². The van der Waals surface area contributed by atoms with Gasteiger partial charge in [-0.2, -0.15) is 10.2 Å². The third-order valence-electron chi connectivity index (χ3n) is 4.02. The number of hydrogen-bond donors (Lipinski definition) is 1. The van der Waals surface area contributed by atoms with Gasteiger partial charge in [0.2, 0.25) is 0 Å². The van der Waals surface area contributed by atoms with Gasteiger partial charge in [0, 0.05) is 12.1 Å². The molecular weight excluding hydrogens is 374 g/mol. The highest BCUT2D eigenvalue weighted by Crippen LogP contribution is 2.24. The zero-order valence-electron chi connectivity index (χ0n) is 13.2. The van der Waals surface area contributed by atoms with Crippen LogP contribution in [0.5, 0.6) is 0 Å². The minimum atomic E-state index is 0.162. The Balaban J connectivity index is 2.01. The molecule has 120 valence electrons. The molecule has 0 unspecified atom stereocenters. The lowest BCUT2D eigenvalue weighted by molar-refractivity contribution is 0.518. The molecule has 3 aromatic rings. The van der Waals surface area contributed by atoms with Crippen LogP contribution in [0, 0.1) is 18.6 Å². The van der Waals surface area contributed by atoms with Crippen LogP contribution in [0.2, 0.25) is 0 Å². The van der Waals surface area contributed by atoms with Gasteiger partial charge in [-0.1, -0.05) is 19.1 Å². The highest BCUT2D eigenvalue weighted by molar-refractivity contribution is 9.10. The van der Waals surface area contributed by atoms with E-state index in [4.69, 9.17) is 12.2 Å². The van der Waals surface area contributed by atoms with E-state index in [1.54, 1.807) is 6.20 Å². The zero-order valence-corrected chi connectivity index (χ0v) is 15.6. The Hall–Kier alpha value is -1.73. The fourth-order valence-electron chi connectivity index (χ4n) is 2.65. The minimum Gasteiger partial charge on any atom is -0.272 e. The predicted molar refractivity (Wildman–Crippen MR) is 96.6 cm³/mol. The van der Waals surface area contributed by atoms with Crippen molar-refractivity contribution in [1.82, 2.24) is 24.5 Å². The van der Waals surface area contributed by atoms with Crippen LogP contribution in [-0.4, -0.2) is 24.5 Å². The van der Waals surface area contributed by atoms with Gasteiger partial charge in [-0.05, 0) is 59.2 Å². The number of benzene rings is 1. The van der Waals surface area contributed by atoms with Crippen molar-refractivity contribution in [1.29, 1.82) is 0 Å². The first kappa shape index (κ1) is 16.1. The molecule has 3 rings (SSSR count). The molecule has 0 amide bonds. The molecule has 1 N–H and O–H groups in total. The molecule has 0 saturated heterocycles. The molecule has 0 aliphatic rings. The van der Waals surface area contributed by atoms with E-state index in [0.29, 0.717) is 4.77 Å². The second-order valence-electron chi connectivity index (χ2n) is 5.72. The summed E-state index contributed by atoms with van der Waals surface area (Å²) in [6.45, 7) is 7.07. The van der Waals surface area contributed by atoms with Crippen LogP contribution in [0.4, 0.5) is 0 Å². The van der Waals surface area contributed by atoms with Crippen LogP contribution in [0.1, 0.15) is 29.8 Å². The molecule has 0 aliphatic carbocycles. The highest BCUT2D eigenvalue weighted by Gasteiger charge is 2.18. The number of aromatic nitrogens is 5. The summed E-state index contributed by atoms with van der Waals surface area (Å²) in [5.74, 6) is 1.07. The maximum Gasteiger partial charge on any atom is 0.199 e. The summed E-state index contributed by atoms with van der Waals surface area (Å²) < 4.78 is 5.51. The first-order valence-corrected chi connectivity index (χ1v) is 8.59. The van der Waals surface area contributed by atoms with E-state index in [1.807, 2.05) is 21.5 Å². The quantitative estimate of drug-likeness (QED) is 0.674. The lowest BCUT2D eigenvalue weighted by Crippen LogP contribution is -2.13. The average Bonchev–Trinajstić information content (AvgIpc) is 3.08. The number of nitrogens with zero attached hydrogens (tertiary/aromatic N) is 4. The summed E-state index contributed by atoms with van der Waals surface area (Å²) in [5.41, 5.74) is 3.52. The summed E-state index contributed by atoms with van der Waals surface area (Å²) in [6.07, 6.45) is 3.74. The van der Waals surface area contributed by atoms with Crippen LogP contribution < -0.4 is 0 Å². The summed E-state index contributed by atoms with van der Waals surface area (Å²) >= 11 is 8.88. The number of rotatable bonds is 4. The highest BCUT2D eigenvalue weighted by atomic mass is 79.9. The average molecular weight is 392 g/mol. The van der Waals surface area contributed by atoms with Gasteiger partial charge >= 0.3 is 0 Å². The standard InChI is InChI=1S/C16H18BrN5S/c1-10-5-4-6-14(12(10)3)22-15(19-20-16(22)23)11(2)8-21-9-13(17)7-18-21/h4-7,9,11H,8H2,1-3H3,(H,20,23)/t11-/m1/s1. The lowest BCUT2D eigenvalue weighted by Gasteiger charge is -2.16. The van der Waals surface area contributed by atoms with Crippen molar-refractivity contribution in [3.05, 3.63) is 56.8 Å². The van der Waals surface area contributed by atoms with Crippen molar-refractivity contribution in [2.75, 3.05) is 0 Å². The molecule has 0 radical (unpaired) electrons. The second-order valence-corrected chi connectivity index (χ2v) is 7.03. The Kier molecular flexibility index (Phi) is 4.50. The number of aromatic amines is 1. The normalized spacial score (nSPS) is 12.5. The smallest absolute Gasteiger partial charge is 0.199 e. The Bertz CT molecular complexity index is 892. The van der Waals surface area contributed by atoms with Gasteiger partial charge < -0.3 is 0 Å². The summed E-state index contributed by atoms with van der Waals surface area (Å²) in [6, 6.07) is 6.23. The Morgan fingerprint density at radius 1 is 1.35 bits per heavy atom. The maximum absolute atomic E-state index is 5.46. The van der Waals surface area contributed by atoms with Crippen LogP contribution in [0.25, 0.3) is 5.69 Å². The van der Waals surface area contributed by atoms with E-state index in [-0.39, 0.29) is 5.92 Å². The van der Waals surface area contributed by atoms with Crippen molar-refractivity contribution >= 4 is 28.1 Å². The van der Waals surface area contributed by atoms with Crippen molar-refractivity contribution < 1.29 is 0 Å². The predicted octanol–water partition coefficient (Wildman–Crippen LogP) is 4.31. The second kappa shape index (κ2) is 6.41. The molecule has 5 nitrogen and oxygen atoms in total. The van der Waals surface area contributed by atoms with E-state index in [2.05, 4.69) is 64.1 Å². The zero-order chi connectivity index (χ0) is 16.6. The fraction of sp³-hybridized carbons (Fsp3) is 0.312. The first-order valence-electron chi connectivity index (χ1n) is 7.39. The first-order chi connectivity index (χ1) is 11.0. The van der Waals surface area contributed by atoms with E-state index >= 15 is 0 Å². The Morgan fingerprint density at radius 3 is 2.83 bits per heavy atom. The van der Waals surface area contributed by atoms with Gasteiger partial charge in [0.1, 0.15) is 5.82 Å². The number of nitrogens with one attached hydrogen (secondary N) is 1. The van der Waals surface area contributed by atoms with Crippen molar-refractivity contribution in [3.63, 3.8) is 0 Å². The number of halogens is 1. The Morgan fingerprint density at radius 2 is 2.13 bits per heavy atom. The molecule has 23 heavy (non-hydrogen) atoms. The molecular formula is C16H18BrN5S. The molecule has 1 atom stereocenters. The maximum atomic E-state index is 5.46. The van der Waals surface area contributed by atoms with Gasteiger partial charge in [-0.25, -0.2) is 0 Å². The molecule has 0 saturated carbocycles. The topological polar surface area (TPSA) is 51.4 Å². The molecule has 0 bridgehead atoms. The van der Waals surface area contributed by atoms with Crippen LogP contribution >= 0.6 is 28.1 Å². The van der Waals surface area contributed by atoms with E-state index in [1.165, 1.54) is 11.1 Å². The van der Waals surface area contributed by atoms with E-state index < -0.39 is 0 Å².